The van der Waals surface area contributed by atoms with Crippen LogP contribution in [0.3, 0.4) is 0 Å². The van der Waals surface area contributed by atoms with Gasteiger partial charge < -0.3 is 29.0 Å². The van der Waals surface area contributed by atoms with Gasteiger partial charge in [-0.3, -0.25) is 9.59 Å². The lowest BCUT2D eigenvalue weighted by atomic mass is 10.0. The second-order valence-corrected chi connectivity index (χ2v) is 11.0. The lowest BCUT2D eigenvalue weighted by Gasteiger charge is -2.15. The predicted molar refractivity (Wildman–Crippen MR) is 172 cm³/mol. The van der Waals surface area contributed by atoms with E-state index in [9.17, 15) is 9.59 Å². The molecular formula is C34H36FN5O5. The van der Waals surface area contributed by atoms with Gasteiger partial charge in [-0.1, -0.05) is 13.0 Å². The van der Waals surface area contributed by atoms with Crippen LogP contribution in [0.2, 0.25) is 0 Å². The van der Waals surface area contributed by atoms with Gasteiger partial charge in [-0.05, 0) is 69.8 Å². The molecule has 5 rings (SSSR count). The predicted octanol–water partition coefficient (Wildman–Crippen LogP) is 5.88. The molecule has 0 fully saturated rings. The van der Waals surface area contributed by atoms with E-state index in [0.717, 1.165) is 36.5 Å². The van der Waals surface area contributed by atoms with E-state index >= 15 is 4.39 Å². The van der Waals surface area contributed by atoms with Crippen LogP contribution in [0.1, 0.15) is 35.0 Å². The van der Waals surface area contributed by atoms with Gasteiger partial charge in [-0.25, -0.2) is 14.4 Å². The Kier molecular flexibility index (Phi) is 9.29. The van der Waals surface area contributed by atoms with Gasteiger partial charge in [0.1, 0.15) is 11.9 Å². The molecule has 0 bridgehead atoms. The highest BCUT2D eigenvalue weighted by atomic mass is 19.1. The molecule has 0 radical (unpaired) electrons. The number of halogens is 1. The van der Waals surface area contributed by atoms with Crippen LogP contribution in [0.15, 0.2) is 59.7 Å². The molecule has 45 heavy (non-hydrogen) atoms. The summed E-state index contributed by atoms with van der Waals surface area (Å²) in [4.78, 5) is 37.3. The number of fused-ring (bicyclic) bond motifs is 2. The largest absolute Gasteiger partial charge is 0.493 e. The average Bonchev–Trinajstić information content (AvgIpc) is 3.02. The molecule has 0 aliphatic rings. The average molecular weight is 614 g/mol. The van der Waals surface area contributed by atoms with E-state index < -0.39 is 11.7 Å². The molecule has 1 N–H and O–H groups in total. The molecule has 234 valence electrons. The molecule has 5 aromatic rings. The van der Waals surface area contributed by atoms with Crippen LogP contribution in [0.25, 0.3) is 21.8 Å². The Hall–Kier alpha value is -5.03. The molecule has 1 amide bonds. The first-order valence-electron chi connectivity index (χ1n) is 14.6. The number of nitrogens with zero attached hydrogens (tertiary/aromatic N) is 4. The first kappa shape index (κ1) is 31.4. The number of benzene rings is 3. The van der Waals surface area contributed by atoms with Gasteiger partial charge in [0.15, 0.2) is 23.1 Å². The van der Waals surface area contributed by atoms with E-state index in [1.165, 1.54) is 25.6 Å². The highest BCUT2D eigenvalue weighted by Crippen LogP contribution is 2.37. The molecule has 0 saturated heterocycles. The zero-order valence-electron chi connectivity index (χ0n) is 26.2. The number of methoxy groups -OCH3 is 1. The van der Waals surface area contributed by atoms with Gasteiger partial charge in [0.05, 0.1) is 30.1 Å². The van der Waals surface area contributed by atoms with Crippen molar-refractivity contribution in [2.45, 2.75) is 26.7 Å². The topological polar surface area (TPSA) is 108 Å². The summed E-state index contributed by atoms with van der Waals surface area (Å²) in [6.07, 6.45) is 2.91. The van der Waals surface area contributed by atoms with Crippen molar-refractivity contribution < 1.29 is 23.4 Å². The maximum absolute atomic E-state index is 15.3. The van der Waals surface area contributed by atoms with Crippen molar-refractivity contribution in [1.29, 1.82) is 0 Å². The zero-order chi connectivity index (χ0) is 32.2. The molecule has 0 spiro atoms. The highest BCUT2D eigenvalue weighted by molar-refractivity contribution is 6.07. The molecule has 2 aromatic heterocycles. The number of pyridine rings is 1. The third-order valence-corrected chi connectivity index (χ3v) is 7.68. The number of hydrogen-bond donors (Lipinski definition) is 1. The lowest BCUT2D eigenvalue weighted by Crippen LogP contribution is -2.26. The van der Waals surface area contributed by atoms with Crippen LogP contribution in [0.5, 0.6) is 23.1 Å². The maximum atomic E-state index is 15.3. The summed E-state index contributed by atoms with van der Waals surface area (Å²) in [5.41, 5.74) is 2.56. The number of aromatic nitrogens is 3. The molecular weight excluding hydrogens is 577 g/mol. The molecule has 0 unspecified atom stereocenters. The minimum Gasteiger partial charge on any atom is -0.493 e. The number of aryl methyl sites for hydroxylation is 2. The van der Waals surface area contributed by atoms with Crippen LogP contribution in [-0.2, 0) is 13.5 Å². The number of amides is 1. The van der Waals surface area contributed by atoms with Crippen molar-refractivity contribution in [2.24, 2.45) is 7.05 Å². The SMILES string of the molecule is CCc1ccc2c(c1)c(=O)c(C(=O)Nc1ccc(Oc3ncnc4cc(OCCCN(C)C)c(OC)cc34)c(F)c1)c(C)n2C. The summed E-state index contributed by atoms with van der Waals surface area (Å²) in [7, 11) is 7.33. The minimum atomic E-state index is -0.733. The van der Waals surface area contributed by atoms with E-state index in [4.69, 9.17) is 14.2 Å². The fraction of sp³-hybridized carbons (Fsp3) is 0.294. The van der Waals surface area contributed by atoms with Crippen LogP contribution in [0, 0.1) is 12.7 Å². The van der Waals surface area contributed by atoms with Crippen LogP contribution in [0.4, 0.5) is 10.1 Å². The van der Waals surface area contributed by atoms with E-state index in [-0.39, 0.29) is 28.3 Å². The Morgan fingerprint density at radius 2 is 1.82 bits per heavy atom. The summed E-state index contributed by atoms with van der Waals surface area (Å²) in [5, 5.41) is 3.62. The van der Waals surface area contributed by atoms with Crippen molar-refractivity contribution >= 4 is 33.4 Å². The number of anilines is 1. The Morgan fingerprint density at radius 1 is 1.02 bits per heavy atom. The number of hydrogen-bond acceptors (Lipinski definition) is 8. The quantitative estimate of drug-likeness (QED) is 0.184. The summed E-state index contributed by atoms with van der Waals surface area (Å²) in [6.45, 7) is 5.09. The van der Waals surface area contributed by atoms with Crippen molar-refractivity contribution in [3.63, 3.8) is 0 Å². The van der Waals surface area contributed by atoms with Crippen molar-refractivity contribution in [3.8, 4) is 23.1 Å². The number of ether oxygens (including phenoxy) is 3. The fourth-order valence-corrected chi connectivity index (χ4v) is 5.11. The molecule has 0 saturated carbocycles. The Labute approximate surface area is 260 Å². The molecule has 0 atom stereocenters. The number of nitrogens with one attached hydrogen (secondary N) is 1. The van der Waals surface area contributed by atoms with Gasteiger partial charge in [0, 0.05) is 42.5 Å². The van der Waals surface area contributed by atoms with E-state index in [0.29, 0.717) is 40.1 Å². The number of rotatable bonds is 11. The molecule has 3 aromatic carbocycles. The summed E-state index contributed by atoms with van der Waals surface area (Å²) in [5.74, 6) is -0.356. The summed E-state index contributed by atoms with van der Waals surface area (Å²) < 4.78 is 34.4. The first-order valence-corrected chi connectivity index (χ1v) is 14.6. The number of carbonyl (C=O) groups is 1. The maximum Gasteiger partial charge on any atom is 0.261 e. The van der Waals surface area contributed by atoms with Crippen LogP contribution < -0.4 is 25.0 Å². The van der Waals surface area contributed by atoms with E-state index in [1.54, 1.807) is 26.1 Å². The standard InChI is InChI=1S/C34H36FN5O5/c1-7-21-9-11-27-24(15-21)32(41)31(20(2)40(27)5)33(42)38-22-10-12-28(25(35)16-22)45-34-23-17-29(43-6)30(18-26(23)36-19-37-34)44-14-8-13-39(3)4/h9-12,15-19H,7-8,13-14H2,1-6H3,(H,38,42). The lowest BCUT2D eigenvalue weighted by molar-refractivity contribution is 0.102. The normalized spacial score (nSPS) is 11.3. The summed E-state index contributed by atoms with van der Waals surface area (Å²) in [6, 6.07) is 13.1. The molecule has 11 heteroatoms. The zero-order valence-corrected chi connectivity index (χ0v) is 26.2. The molecule has 0 aliphatic carbocycles. The molecule has 10 nitrogen and oxygen atoms in total. The smallest absolute Gasteiger partial charge is 0.261 e. The van der Waals surface area contributed by atoms with Gasteiger partial charge in [-0.2, -0.15) is 0 Å². The van der Waals surface area contributed by atoms with Gasteiger partial charge >= 0.3 is 0 Å². The van der Waals surface area contributed by atoms with Crippen molar-refractivity contribution in [1.82, 2.24) is 19.4 Å². The second kappa shape index (κ2) is 13.3. The first-order chi connectivity index (χ1) is 21.6. The van der Waals surface area contributed by atoms with E-state index in [2.05, 4.69) is 20.2 Å². The Morgan fingerprint density at radius 3 is 2.53 bits per heavy atom. The third kappa shape index (κ3) is 6.58. The molecule has 0 aliphatic heterocycles. The summed E-state index contributed by atoms with van der Waals surface area (Å²) >= 11 is 0. The second-order valence-electron chi connectivity index (χ2n) is 11.0. The van der Waals surface area contributed by atoms with Gasteiger partial charge in [0.2, 0.25) is 11.3 Å². The van der Waals surface area contributed by atoms with Gasteiger partial charge in [0.25, 0.3) is 5.91 Å². The Balaban J connectivity index is 1.38. The Bertz CT molecular complexity index is 1960. The van der Waals surface area contributed by atoms with Crippen molar-refractivity contribution in [3.05, 3.63) is 87.7 Å². The van der Waals surface area contributed by atoms with Crippen molar-refractivity contribution in [2.75, 3.05) is 39.7 Å². The monoisotopic (exact) mass is 613 g/mol. The fourth-order valence-electron chi connectivity index (χ4n) is 5.11. The van der Waals surface area contributed by atoms with E-state index in [1.807, 2.05) is 43.8 Å². The van der Waals surface area contributed by atoms with Crippen LogP contribution >= 0.6 is 0 Å². The van der Waals surface area contributed by atoms with Gasteiger partial charge in [-0.15, -0.1) is 0 Å². The number of carbonyl (C=O) groups excluding carboxylic acids is 1. The van der Waals surface area contributed by atoms with Crippen LogP contribution in [-0.4, -0.2) is 59.7 Å². The molecule has 2 heterocycles. The highest BCUT2D eigenvalue weighted by Gasteiger charge is 2.20. The minimum absolute atomic E-state index is 0.00133. The third-order valence-electron chi connectivity index (χ3n) is 7.68.